The predicted molar refractivity (Wildman–Crippen MR) is 136 cm³/mol. The Morgan fingerprint density at radius 3 is 2.41 bits per heavy atom. The fourth-order valence-electron chi connectivity index (χ4n) is 4.70. The molecule has 0 spiro atoms. The van der Waals surface area contributed by atoms with Gasteiger partial charge in [0, 0.05) is 42.4 Å². The molecule has 4 aromatic rings. The highest BCUT2D eigenvalue weighted by atomic mass is 16.1. The van der Waals surface area contributed by atoms with Crippen molar-refractivity contribution in [3.05, 3.63) is 83.6 Å². The summed E-state index contributed by atoms with van der Waals surface area (Å²) in [7, 11) is 0. The number of anilines is 1. The van der Waals surface area contributed by atoms with Crippen LogP contribution in [0.1, 0.15) is 42.6 Å². The molecule has 2 aromatic carbocycles. The largest absolute Gasteiger partial charge is 0.356 e. The topological polar surface area (TPSA) is 62.5 Å². The summed E-state index contributed by atoms with van der Waals surface area (Å²) >= 11 is 0. The highest BCUT2D eigenvalue weighted by molar-refractivity contribution is 5.79. The molecule has 1 aliphatic heterocycles. The molecule has 0 radical (unpaired) electrons. The Kier molecular flexibility index (Phi) is 6.05. The second-order valence-corrected chi connectivity index (χ2v) is 9.32. The van der Waals surface area contributed by atoms with E-state index in [-0.39, 0.29) is 17.9 Å². The molecule has 0 saturated carbocycles. The van der Waals surface area contributed by atoms with Crippen molar-refractivity contribution in [1.29, 1.82) is 0 Å². The van der Waals surface area contributed by atoms with Gasteiger partial charge in [0.25, 0.3) is 0 Å². The Morgan fingerprint density at radius 1 is 1.00 bits per heavy atom. The number of amides is 1. The fraction of sp³-hybridized carbons (Fsp3) is 0.321. The second-order valence-electron chi connectivity index (χ2n) is 9.32. The van der Waals surface area contributed by atoms with Gasteiger partial charge in [0.15, 0.2) is 5.65 Å². The van der Waals surface area contributed by atoms with Crippen LogP contribution in [0.15, 0.2) is 66.7 Å². The summed E-state index contributed by atoms with van der Waals surface area (Å²) in [4.78, 5) is 20.0. The lowest BCUT2D eigenvalue weighted by molar-refractivity contribution is -0.126. The Morgan fingerprint density at radius 2 is 1.71 bits per heavy atom. The van der Waals surface area contributed by atoms with E-state index >= 15 is 0 Å². The summed E-state index contributed by atoms with van der Waals surface area (Å²) in [6, 6.07) is 22.7. The molecule has 1 N–H and O–H groups in total. The SMILES string of the molecule is Cc1ccc(-c2cc3nc(C)cc(N4CCC(C(=O)N[C@H](C)c5ccccc5)CC4)n3n2)cc1. The highest BCUT2D eigenvalue weighted by Gasteiger charge is 2.27. The molecule has 6 nitrogen and oxygen atoms in total. The van der Waals surface area contributed by atoms with Gasteiger partial charge in [-0.2, -0.15) is 9.61 Å². The lowest BCUT2D eigenvalue weighted by Crippen LogP contribution is -2.41. The standard InChI is InChI=1S/C28H31N5O/c1-19-9-11-23(12-10-19)25-18-26-29-20(2)17-27(33(26)31-25)32-15-13-24(14-16-32)28(34)30-21(3)22-7-5-4-6-8-22/h4-12,17-18,21,24H,13-16H2,1-3H3,(H,30,34)/t21-/m1/s1. The van der Waals surface area contributed by atoms with Crippen molar-refractivity contribution < 1.29 is 4.79 Å². The van der Waals surface area contributed by atoms with Crippen LogP contribution in [0.2, 0.25) is 0 Å². The molecule has 1 amide bonds. The van der Waals surface area contributed by atoms with Gasteiger partial charge in [-0.3, -0.25) is 4.79 Å². The molecule has 1 atom stereocenters. The van der Waals surface area contributed by atoms with Gasteiger partial charge in [-0.25, -0.2) is 4.98 Å². The maximum Gasteiger partial charge on any atom is 0.223 e. The van der Waals surface area contributed by atoms with E-state index in [0.717, 1.165) is 59.9 Å². The molecule has 0 aliphatic carbocycles. The van der Waals surface area contributed by atoms with Crippen LogP contribution < -0.4 is 10.2 Å². The molecule has 0 bridgehead atoms. The lowest BCUT2D eigenvalue weighted by atomic mass is 9.95. The molecule has 3 heterocycles. The van der Waals surface area contributed by atoms with Crippen LogP contribution in [-0.4, -0.2) is 33.6 Å². The summed E-state index contributed by atoms with van der Waals surface area (Å²) in [6.45, 7) is 7.78. The van der Waals surface area contributed by atoms with Gasteiger partial charge < -0.3 is 10.2 Å². The molecule has 1 fully saturated rings. The Labute approximate surface area is 200 Å². The van der Waals surface area contributed by atoms with Crippen molar-refractivity contribution in [3.63, 3.8) is 0 Å². The number of aromatic nitrogens is 3. The molecule has 174 valence electrons. The highest BCUT2D eigenvalue weighted by Crippen LogP contribution is 2.27. The van der Waals surface area contributed by atoms with E-state index in [4.69, 9.17) is 10.1 Å². The van der Waals surface area contributed by atoms with E-state index in [2.05, 4.69) is 59.6 Å². The monoisotopic (exact) mass is 453 g/mol. The third kappa shape index (κ3) is 4.53. The number of aryl methyl sites for hydroxylation is 2. The summed E-state index contributed by atoms with van der Waals surface area (Å²) in [6.07, 6.45) is 1.64. The predicted octanol–water partition coefficient (Wildman–Crippen LogP) is 5.11. The zero-order chi connectivity index (χ0) is 23.7. The van der Waals surface area contributed by atoms with Crippen molar-refractivity contribution in [3.8, 4) is 11.3 Å². The van der Waals surface area contributed by atoms with Crippen molar-refractivity contribution in [2.24, 2.45) is 5.92 Å². The van der Waals surface area contributed by atoms with Crippen LogP contribution >= 0.6 is 0 Å². The fourth-order valence-corrected chi connectivity index (χ4v) is 4.70. The van der Waals surface area contributed by atoms with E-state index in [9.17, 15) is 4.79 Å². The van der Waals surface area contributed by atoms with Crippen LogP contribution in [0.4, 0.5) is 5.82 Å². The van der Waals surface area contributed by atoms with Gasteiger partial charge in [-0.1, -0.05) is 60.2 Å². The third-order valence-electron chi connectivity index (χ3n) is 6.73. The van der Waals surface area contributed by atoms with Gasteiger partial charge in [-0.05, 0) is 39.2 Å². The minimum absolute atomic E-state index is 0.0125. The first-order valence-electron chi connectivity index (χ1n) is 12.0. The molecule has 0 unspecified atom stereocenters. The van der Waals surface area contributed by atoms with Crippen LogP contribution in [-0.2, 0) is 4.79 Å². The number of benzene rings is 2. The molecular weight excluding hydrogens is 422 g/mol. The van der Waals surface area contributed by atoms with E-state index in [1.54, 1.807) is 0 Å². The van der Waals surface area contributed by atoms with Crippen molar-refractivity contribution >= 4 is 17.4 Å². The molecule has 2 aromatic heterocycles. The zero-order valence-corrected chi connectivity index (χ0v) is 20.0. The van der Waals surface area contributed by atoms with Gasteiger partial charge in [0.05, 0.1) is 11.7 Å². The molecule has 5 rings (SSSR count). The number of fused-ring (bicyclic) bond motifs is 1. The van der Waals surface area contributed by atoms with Crippen molar-refractivity contribution in [2.45, 2.75) is 39.7 Å². The summed E-state index contributed by atoms with van der Waals surface area (Å²) in [5, 5.41) is 8.09. The van der Waals surface area contributed by atoms with Crippen molar-refractivity contribution in [2.75, 3.05) is 18.0 Å². The molecule has 1 aliphatic rings. The lowest BCUT2D eigenvalue weighted by Gasteiger charge is -2.33. The smallest absolute Gasteiger partial charge is 0.223 e. The van der Waals surface area contributed by atoms with E-state index in [0.29, 0.717) is 0 Å². The zero-order valence-electron chi connectivity index (χ0n) is 20.0. The Balaban J connectivity index is 1.30. The quantitative estimate of drug-likeness (QED) is 0.456. The molecule has 34 heavy (non-hydrogen) atoms. The number of piperidine rings is 1. The summed E-state index contributed by atoms with van der Waals surface area (Å²) in [5.41, 5.74) is 6.18. The van der Waals surface area contributed by atoms with Crippen LogP contribution in [0, 0.1) is 19.8 Å². The number of hydrogen-bond donors (Lipinski definition) is 1. The van der Waals surface area contributed by atoms with Gasteiger partial charge in [0.1, 0.15) is 5.82 Å². The third-order valence-corrected chi connectivity index (χ3v) is 6.73. The van der Waals surface area contributed by atoms with E-state index in [1.807, 2.05) is 42.6 Å². The Hall–Kier alpha value is -3.67. The minimum Gasteiger partial charge on any atom is -0.356 e. The number of nitrogens with one attached hydrogen (secondary N) is 1. The first kappa shape index (κ1) is 22.1. The van der Waals surface area contributed by atoms with Crippen LogP contribution in [0.5, 0.6) is 0 Å². The van der Waals surface area contributed by atoms with E-state index in [1.165, 1.54) is 5.56 Å². The number of hydrogen-bond acceptors (Lipinski definition) is 4. The molecular formula is C28H31N5O. The van der Waals surface area contributed by atoms with E-state index < -0.39 is 0 Å². The normalized spacial score (nSPS) is 15.4. The number of carbonyl (C=O) groups excluding carboxylic acids is 1. The molecule has 1 saturated heterocycles. The summed E-state index contributed by atoms with van der Waals surface area (Å²) in [5.74, 6) is 1.21. The van der Waals surface area contributed by atoms with Crippen LogP contribution in [0.25, 0.3) is 16.9 Å². The number of nitrogens with zero attached hydrogens (tertiary/aromatic N) is 4. The average molecular weight is 454 g/mol. The van der Waals surface area contributed by atoms with Crippen LogP contribution in [0.3, 0.4) is 0 Å². The van der Waals surface area contributed by atoms with Gasteiger partial charge in [0.2, 0.25) is 5.91 Å². The number of rotatable bonds is 5. The first-order chi connectivity index (χ1) is 16.5. The number of carbonyl (C=O) groups is 1. The minimum atomic E-state index is 0.0125. The summed E-state index contributed by atoms with van der Waals surface area (Å²) < 4.78 is 1.94. The first-order valence-corrected chi connectivity index (χ1v) is 12.0. The maximum absolute atomic E-state index is 12.9. The Bertz CT molecular complexity index is 1290. The maximum atomic E-state index is 12.9. The second kappa shape index (κ2) is 9.29. The molecule has 6 heteroatoms. The van der Waals surface area contributed by atoms with Crippen molar-refractivity contribution in [1.82, 2.24) is 19.9 Å². The van der Waals surface area contributed by atoms with Gasteiger partial charge >= 0.3 is 0 Å². The van der Waals surface area contributed by atoms with Gasteiger partial charge in [-0.15, -0.1) is 0 Å². The average Bonchev–Trinajstić information content (AvgIpc) is 3.28.